The predicted octanol–water partition coefficient (Wildman–Crippen LogP) is 2.53. The zero-order chi connectivity index (χ0) is 9.10. The summed E-state index contributed by atoms with van der Waals surface area (Å²) in [5.41, 5.74) is 1.25. The van der Waals surface area contributed by atoms with Crippen molar-refractivity contribution in [1.29, 1.82) is 0 Å². The van der Waals surface area contributed by atoms with Crippen molar-refractivity contribution in [3.05, 3.63) is 34.9 Å². The van der Waals surface area contributed by atoms with Crippen LogP contribution in [0.1, 0.15) is 12.0 Å². The van der Waals surface area contributed by atoms with Gasteiger partial charge in [0.25, 0.3) is 0 Å². The minimum absolute atomic E-state index is 0.786. The summed E-state index contributed by atoms with van der Waals surface area (Å²) >= 11 is 5.79. The molecule has 0 spiro atoms. The van der Waals surface area contributed by atoms with Crippen LogP contribution in [0.25, 0.3) is 0 Å². The quantitative estimate of drug-likeness (QED) is 0.707. The molecular weight excluding hydrogens is 184 g/mol. The van der Waals surface area contributed by atoms with Gasteiger partial charge in [-0.2, -0.15) is 5.10 Å². The number of halogens is 1. The van der Waals surface area contributed by atoms with Gasteiger partial charge in [-0.15, -0.1) is 0 Å². The Hall–Kier alpha value is -1.02. The molecule has 2 rings (SSSR count). The lowest BCUT2D eigenvalue weighted by atomic mass is 10.2. The zero-order valence-corrected chi connectivity index (χ0v) is 8.04. The maximum atomic E-state index is 5.79. The summed E-state index contributed by atoms with van der Waals surface area (Å²) in [6, 6.07) is 7.90. The molecule has 0 unspecified atom stereocenters. The first-order valence-corrected chi connectivity index (χ1v) is 4.74. The number of rotatable bonds is 2. The van der Waals surface area contributed by atoms with Gasteiger partial charge in [0.15, 0.2) is 0 Å². The lowest BCUT2D eigenvalue weighted by Gasteiger charge is -2.13. The monoisotopic (exact) mass is 194 g/mol. The van der Waals surface area contributed by atoms with Gasteiger partial charge in [0, 0.05) is 24.2 Å². The Morgan fingerprint density at radius 1 is 1.31 bits per heavy atom. The molecule has 68 valence electrons. The summed E-state index contributed by atoms with van der Waals surface area (Å²) in [6.45, 7) is 1.91. The van der Waals surface area contributed by atoms with Crippen molar-refractivity contribution in [3.8, 4) is 0 Å². The average Bonchev–Trinajstić information content (AvgIpc) is 2.62. The Morgan fingerprint density at radius 2 is 2.08 bits per heavy atom. The SMILES string of the molecule is Clc1ccc(CN2CCC=N2)cc1. The molecule has 2 nitrogen and oxygen atoms in total. The topological polar surface area (TPSA) is 15.6 Å². The van der Waals surface area contributed by atoms with Gasteiger partial charge < -0.3 is 0 Å². The fraction of sp³-hybridized carbons (Fsp3) is 0.300. The molecule has 1 aromatic rings. The molecule has 0 saturated heterocycles. The molecule has 0 aromatic heterocycles. The second kappa shape index (κ2) is 3.79. The fourth-order valence-corrected chi connectivity index (χ4v) is 1.48. The number of hydrogen-bond donors (Lipinski definition) is 0. The van der Waals surface area contributed by atoms with Crippen LogP contribution in [0, 0.1) is 0 Å². The largest absolute Gasteiger partial charge is 0.293 e. The third kappa shape index (κ3) is 2.22. The molecule has 1 aliphatic heterocycles. The average molecular weight is 195 g/mol. The normalized spacial score (nSPS) is 15.3. The van der Waals surface area contributed by atoms with Crippen LogP contribution in [0.3, 0.4) is 0 Å². The van der Waals surface area contributed by atoms with Crippen molar-refractivity contribution in [2.75, 3.05) is 6.54 Å². The van der Waals surface area contributed by atoms with Gasteiger partial charge in [-0.3, -0.25) is 5.01 Å². The Bertz CT molecular complexity index is 305. The molecule has 3 heteroatoms. The van der Waals surface area contributed by atoms with Gasteiger partial charge in [0.2, 0.25) is 0 Å². The number of hydrogen-bond acceptors (Lipinski definition) is 2. The van der Waals surface area contributed by atoms with E-state index >= 15 is 0 Å². The van der Waals surface area contributed by atoms with Crippen LogP contribution in [0.5, 0.6) is 0 Å². The van der Waals surface area contributed by atoms with Gasteiger partial charge in [-0.1, -0.05) is 23.7 Å². The number of hydrazone groups is 1. The smallest absolute Gasteiger partial charge is 0.0610 e. The van der Waals surface area contributed by atoms with Crippen LogP contribution in [-0.2, 0) is 6.54 Å². The molecule has 13 heavy (non-hydrogen) atoms. The molecule has 0 radical (unpaired) electrons. The van der Waals surface area contributed by atoms with Crippen molar-refractivity contribution >= 4 is 17.8 Å². The molecule has 0 amide bonds. The van der Waals surface area contributed by atoms with Crippen LogP contribution >= 0.6 is 11.6 Å². The van der Waals surface area contributed by atoms with E-state index in [1.807, 2.05) is 30.5 Å². The third-order valence-electron chi connectivity index (χ3n) is 2.04. The van der Waals surface area contributed by atoms with E-state index in [1.165, 1.54) is 5.56 Å². The molecule has 1 aliphatic rings. The molecule has 0 saturated carbocycles. The first-order chi connectivity index (χ1) is 6.34. The summed E-state index contributed by atoms with van der Waals surface area (Å²) in [4.78, 5) is 0. The van der Waals surface area contributed by atoms with Crippen molar-refractivity contribution in [1.82, 2.24) is 5.01 Å². The van der Waals surface area contributed by atoms with Crippen LogP contribution < -0.4 is 0 Å². The van der Waals surface area contributed by atoms with Crippen LogP contribution in [0.15, 0.2) is 29.4 Å². The summed E-state index contributed by atoms with van der Waals surface area (Å²) in [6.07, 6.45) is 3.02. The van der Waals surface area contributed by atoms with Crippen molar-refractivity contribution in [3.63, 3.8) is 0 Å². The summed E-state index contributed by atoms with van der Waals surface area (Å²) in [7, 11) is 0. The Balaban J connectivity index is 2.01. The minimum atomic E-state index is 0.786. The van der Waals surface area contributed by atoms with E-state index in [2.05, 4.69) is 10.1 Å². The first kappa shape index (κ1) is 8.57. The second-order valence-electron chi connectivity index (χ2n) is 3.10. The standard InChI is InChI=1S/C10H11ClN2/c11-10-4-2-9(3-5-10)8-13-7-1-6-12-13/h2-6H,1,7-8H2. The van der Waals surface area contributed by atoms with Gasteiger partial charge in [0.1, 0.15) is 0 Å². The lowest BCUT2D eigenvalue weighted by molar-refractivity contribution is 0.310. The highest BCUT2D eigenvalue weighted by molar-refractivity contribution is 6.30. The Labute approximate surface area is 82.8 Å². The van der Waals surface area contributed by atoms with Gasteiger partial charge in [0.05, 0.1) is 6.54 Å². The fourth-order valence-electron chi connectivity index (χ4n) is 1.36. The van der Waals surface area contributed by atoms with Crippen molar-refractivity contribution in [2.45, 2.75) is 13.0 Å². The van der Waals surface area contributed by atoms with Crippen molar-refractivity contribution in [2.24, 2.45) is 5.10 Å². The summed E-state index contributed by atoms with van der Waals surface area (Å²) in [5, 5.41) is 7.07. The number of nitrogens with zero attached hydrogens (tertiary/aromatic N) is 2. The highest BCUT2D eigenvalue weighted by Gasteiger charge is 2.05. The molecule has 0 N–H and O–H groups in total. The van der Waals surface area contributed by atoms with Crippen LogP contribution in [-0.4, -0.2) is 17.8 Å². The number of benzene rings is 1. The lowest BCUT2D eigenvalue weighted by Crippen LogP contribution is -2.12. The predicted molar refractivity (Wildman–Crippen MR) is 55.0 cm³/mol. The van der Waals surface area contributed by atoms with E-state index in [4.69, 9.17) is 11.6 Å². The van der Waals surface area contributed by atoms with E-state index in [1.54, 1.807) is 0 Å². The molecule has 0 atom stereocenters. The van der Waals surface area contributed by atoms with Crippen molar-refractivity contribution < 1.29 is 0 Å². The molecule has 0 bridgehead atoms. The summed E-state index contributed by atoms with van der Waals surface area (Å²) < 4.78 is 0. The molecule has 0 fully saturated rings. The Morgan fingerprint density at radius 3 is 2.69 bits per heavy atom. The maximum Gasteiger partial charge on any atom is 0.0610 e. The van der Waals surface area contributed by atoms with Gasteiger partial charge in [-0.05, 0) is 17.7 Å². The van der Waals surface area contributed by atoms with Crippen LogP contribution in [0.4, 0.5) is 0 Å². The highest BCUT2D eigenvalue weighted by Crippen LogP contribution is 2.12. The van der Waals surface area contributed by atoms with E-state index < -0.39 is 0 Å². The van der Waals surface area contributed by atoms with E-state index in [9.17, 15) is 0 Å². The highest BCUT2D eigenvalue weighted by atomic mass is 35.5. The molecular formula is C10H11ClN2. The second-order valence-corrected chi connectivity index (χ2v) is 3.54. The van der Waals surface area contributed by atoms with E-state index in [0.717, 1.165) is 24.5 Å². The van der Waals surface area contributed by atoms with E-state index in [-0.39, 0.29) is 0 Å². The Kier molecular flexibility index (Phi) is 2.50. The minimum Gasteiger partial charge on any atom is -0.293 e. The van der Waals surface area contributed by atoms with Gasteiger partial charge >= 0.3 is 0 Å². The summed E-state index contributed by atoms with van der Waals surface area (Å²) in [5.74, 6) is 0. The van der Waals surface area contributed by atoms with Crippen LogP contribution in [0.2, 0.25) is 5.02 Å². The third-order valence-corrected chi connectivity index (χ3v) is 2.29. The van der Waals surface area contributed by atoms with Gasteiger partial charge in [-0.25, -0.2) is 0 Å². The molecule has 1 heterocycles. The molecule has 1 aromatic carbocycles. The van der Waals surface area contributed by atoms with E-state index in [0.29, 0.717) is 0 Å². The first-order valence-electron chi connectivity index (χ1n) is 4.36. The zero-order valence-electron chi connectivity index (χ0n) is 7.28. The molecule has 0 aliphatic carbocycles. The maximum absolute atomic E-state index is 5.79.